The van der Waals surface area contributed by atoms with Gasteiger partial charge >= 0.3 is 73.2 Å². The van der Waals surface area contributed by atoms with E-state index in [1.807, 2.05) is 86.6 Å². The normalized spacial score (nSPS) is 22.4. The van der Waals surface area contributed by atoms with Crippen LogP contribution in [0.4, 0.5) is 110 Å². The molecule has 0 bridgehead atoms. The number of aryl methyl sites for hydroxylation is 3. The van der Waals surface area contributed by atoms with Crippen LogP contribution >= 0.6 is 0 Å². The molecule has 654 valence electrons. The molecule has 42 heteroatoms. The summed E-state index contributed by atoms with van der Waals surface area (Å²) in [5.74, 6) is -1.10. The van der Waals surface area contributed by atoms with Crippen molar-refractivity contribution in [2.45, 2.75) is 128 Å². The Kier molecular flexibility index (Phi) is 28.0. The maximum absolute atomic E-state index is 12.8. The van der Waals surface area contributed by atoms with E-state index in [-0.39, 0.29) is 97.0 Å². The van der Waals surface area contributed by atoms with Gasteiger partial charge in [-0.15, -0.1) is 0 Å². The molecule has 0 saturated carbocycles. The number of ether oxygens (including phenoxy) is 3. The van der Waals surface area contributed by atoms with Gasteiger partial charge in [-0.1, -0.05) is 36.4 Å². The van der Waals surface area contributed by atoms with E-state index < -0.39 is 97.1 Å². The van der Waals surface area contributed by atoms with Gasteiger partial charge in [-0.05, 0) is 136 Å². The summed E-state index contributed by atoms with van der Waals surface area (Å²) in [6.07, 6.45) is -50.0. The fraction of sp³-hybridized carbons (Fsp3) is 0.680. The Balaban J connectivity index is 0.000000185. The number of likely N-dealkylation sites (tertiary alicyclic amines) is 3. The van der Waals surface area contributed by atoms with Crippen molar-refractivity contribution < 1.29 is 137 Å². The molecule has 9 saturated heterocycles. The number of carbonyl (C=O) groups excluding carboxylic acids is 3. The van der Waals surface area contributed by atoms with Crippen molar-refractivity contribution in [3.63, 3.8) is 0 Å². The SMILES string of the molecule is Cc1ccc(CN2CCN(C(=O)OC(C(F)(F)F)C(F)(F)F)CC2)c(N2CC3(CCN(CC(=O)O)CC3)C2)c1.Cc1ccc(CN2CCN(C(=O)OC(C(F)(F)F)C(F)(F)F)CC2)c(N2CC3CN(C(C)(C)C(=O)O)CC3C2)c1.Cc1ccc(CN2CCN(C(=O)OC(C(F)(F)F)C(F)(F)F)CC2)c(N2CC3CN(CC(=O)O)CC3C2)c1. The number of carboxylic acid groups (broad SMARTS) is 3. The van der Waals surface area contributed by atoms with E-state index in [1.165, 1.54) is 0 Å². The summed E-state index contributed by atoms with van der Waals surface area (Å²) >= 11 is 0. The number of nitrogens with zero attached hydrogens (tertiary/aromatic N) is 12. The van der Waals surface area contributed by atoms with E-state index in [0.717, 1.165) is 143 Å². The lowest BCUT2D eigenvalue weighted by molar-refractivity contribution is -0.309. The number of alkyl halides is 18. The van der Waals surface area contributed by atoms with Crippen LogP contribution in [0.2, 0.25) is 0 Å². The minimum atomic E-state index is -5.75. The van der Waals surface area contributed by atoms with Gasteiger partial charge in [0.2, 0.25) is 0 Å². The van der Waals surface area contributed by atoms with Gasteiger partial charge in [-0.3, -0.25) is 43.8 Å². The summed E-state index contributed by atoms with van der Waals surface area (Å²) < 4.78 is 241. The minimum Gasteiger partial charge on any atom is -0.480 e. The van der Waals surface area contributed by atoms with Crippen molar-refractivity contribution in [3.8, 4) is 0 Å². The van der Waals surface area contributed by atoms with Crippen LogP contribution in [-0.4, -0.2) is 327 Å². The summed E-state index contributed by atoms with van der Waals surface area (Å²) in [6, 6.07) is 18.3. The van der Waals surface area contributed by atoms with E-state index >= 15 is 0 Å². The molecular weight excluding hydrogens is 1600 g/mol. The highest BCUT2D eigenvalue weighted by Gasteiger charge is 2.63. The number of aliphatic carboxylic acids is 3. The highest BCUT2D eigenvalue weighted by Crippen LogP contribution is 2.46. The maximum Gasteiger partial charge on any atom is 0.434 e. The molecule has 3 N–H and O–H groups in total. The van der Waals surface area contributed by atoms with E-state index in [1.54, 1.807) is 13.8 Å². The predicted molar refractivity (Wildman–Crippen MR) is 385 cm³/mol. The number of anilines is 3. The zero-order chi connectivity index (χ0) is 86.0. The second kappa shape index (κ2) is 36.0. The Morgan fingerprint density at radius 2 is 0.650 bits per heavy atom. The quantitative estimate of drug-likeness (QED) is 0.0794. The molecule has 4 unspecified atom stereocenters. The first-order valence-corrected chi connectivity index (χ1v) is 38.2. The van der Waals surface area contributed by atoms with E-state index in [2.05, 4.69) is 47.1 Å². The van der Waals surface area contributed by atoms with Gasteiger partial charge in [0.15, 0.2) is 0 Å². The number of hydrogen-bond acceptors (Lipinski definition) is 18. The van der Waals surface area contributed by atoms with Crippen LogP contribution in [0, 0.1) is 49.9 Å². The molecule has 3 aromatic rings. The van der Waals surface area contributed by atoms with Gasteiger partial charge in [-0.2, -0.15) is 79.0 Å². The van der Waals surface area contributed by atoms with Crippen molar-refractivity contribution >= 4 is 53.2 Å². The molecule has 4 atom stereocenters. The van der Waals surface area contributed by atoms with Gasteiger partial charge in [0.05, 0.1) is 13.1 Å². The number of piperidine rings is 1. The summed E-state index contributed by atoms with van der Waals surface area (Å²) in [6.45, 7) is 21.5. The van der Waals surface area contributed by atoms with Crippen LogP contribution in [0.25, 0.3) is 0 Å². The first-order chi connectivity index (χ1) is 54.3. The Hall–Kier alpha value is -8.22. The van der Waals surface area contributed by atoms with Crippen LogP contribution in [0.15, 0.2) is 54.6 Å². The number of rotatable bonds is 18. The number of piperazine rings is 3. The van der Waals surface area contributed by atoms with Gasteiger partial charge in [-0.25, -0.2) is 14.4 Å². The van der Waals surface area contributed by atoms with Crippen molar-refractivity contribution in [1.29, 1.82) is 0 Å². The Morgan fingerprint density at radius 3 is 0.923 bits per heavy atom. The third-order valence-corrected chi connectivity index (χ3v) is 23.3. The molecule has 3 aromatic carbocycles. The molecule has 9 heterocycles. The third-order valence-electron chi connectivity index (χ3n) is 23.3. The molecule has 0 aliphatic carbocycles. The largest absolute Gasteiger partial charge is 0.480 e. The highest BCUT2D eigenvalue weighted by atomic mass is 19.4. The number of carboxylic acids is 3. The van der Waals surface area contributed by atoms with Crippen LogP contribution in [0.3, 0.4) is 0 Å². The van der Waals surface area contributed by atoms with E-state index in [0.29, 0.717) is 56.4 Å². The average Bonchev–Trinajstić information content (AvgIpc) is 1.75. The summed E-state index contributed by atoms with van der Waals surface area (Å²) in [5.41, 5.74) is 8.75. The van der Waals surface area contributed by atoms with Crippen molar-refractivity contribution in [3.05, 3.63) is 88.0 Å². The van der Waals surface area contributed by atoms with Gasteiger partial charge in [0.25, 0.3) is 18.3 Å². The number of halogens is 18. The molecular formula is C75H96F18N12O12. The topological polar surface area (TPSA) is 230 Å². The summed E-state index contributed by atoms with van der Waals surface area (Å²) in [5, 5.41) is 27.7. The highest BCUT2D eigenvalue weighted by molar-refractivity contribution is 5.78. The molecule has 117 heavy (non-hydrogen) atoms. The lowest BCUT2D eigenvalue weighted by atomic mass is 9.71. The van der Waals surface area contributed by atoms with Gasteiger partial charge in [0.1, 0.15) is 5.54 Å². The monoisotopic (exact) mass is 1700 g/mol. The Morgan fingerprint density at radius 1 is 0.376 bits per heavy atom. The first kappa shape index (κ1) is 91.1. The van der Waals surface area contributed by atoms with Crippen LogP contribution in [0.1, 0.15) is 60.1 Å². The second-order valence-electron chi connectivity index (χ2n) is 32.5. The molecule has 3 amide bonds. The maximum atomic E-state index is 12.8. The minimum absolute atomic E-state index is 0.0370. The fourth-order valence-electron chi connectivity index (χ4n) is 16.8. The lowest BCUT2D eigenvalue weighted by Crippen LogP contribution is -2.61. The van der Waals surface area contributed by atoms with Gasteiger partial charge < -0.3 is 58.9 Å². The average molecular weight is 1700 g/mol. The predicted octanol–water partition coefficient (Wildman–Crippen LogP) is 10.9. The molecule has 12 rings (SSSR count). The first-order valence-electron chi connectivity index (χ1n) is 38.2. The molecule has 1 spiro atoms. The zero-order valence-corrected chi connectivity index (χ0v) is 64.8. The number of hydrogen-bond donors (Lipinski definition) is 3. The number of carbonyl (C=O) groups is 6. The van der Waals surface area contributed by atoms with Crippen LogP contribution in [-0.2, 0) is 48.2 Å². The zero-order valence-electron chi connectivity index (χ0n) is 64.8. The lowest BCUT2D eigenvalue weighted by Gasteiger charge is -2.55. The summed E-state index contributed by atoms with van der Waals surface area (Å²) in [4.78, 5) is 91.4. The number of amides is 3. The van der Waals surface area contributed by atoms with Gasteiger partial charge in [0, 0.05) is 186 Å². The molecule has 9 aliphatic rings. The molecule has 9 fully saturated rings. The van der Waals surface area contributed by atoms with Crippen molar-refractivity contribution in [2.24, 2.45) is 29.1 Å². The van der Waals surface area contributed by atoms with Crippen LogP contribution in [0.5, 0.6) is 0 Å². The summed E-state index contributed by atoms with van der Waals surface area (Å²) in [7, 11) is 0. The number of fused-ring (bicyclic) bond motifs is 2. The van der Waals surface area contributed by atoms with Crippen molar-refractivity contribution in [1.82, 2.24) is 44.1 Å². The Labute approximate surface area is 662 Å². The van der Waals surface area contributed by atoms with Crippen LogP contribution < -0.4 is 14.7 Å². The molecule has 0 radical (unpaired) electrons. The molecule has 9 aliphatic heterocycles. The number of benzene rings is 3. The second-order valence-corrected chi connectivity index (χ2v) is 32.5. The van der Waals surface area contributed by atoms with E-state index in [9.17, 15) is 113 Å². The smallest absolute Gasteiger partial charge is 0.434 e. The molecule has 24 nitrogen and oxygen atoms in total. The van der Waals surface area contributed by atoms with Crippen molar-refractivity contribution in [2.75, 3.05) is 185 Å². The van der Waals surface area contributed by atoms with E-state index in [4.69, 9.17) is 10.2 Å². The molecule has 0 aromatic heterocycles. The Bertz CT molecular complexity index is 3890. The third kappa shape index (κ3) is 23.4. The fourth-order valence-corrected chi connectivity index (χ4v) is 16.8. The standard InChI is InChI=1S/C26H34F6N4O4.C25H32F6N4O4.C24H30F6N4O4/c1-16-4-5-17(20(10-16)35-12-18-14-36(15-19(18)13-35)24(2,3)22(37)38)11-33-6-8-34(9-7-33)23(39)40-21(25(27,28)29)26(30,31)32;1-17-2-3-18(19(12-17)35-15-23(16-35)4-6-32(7-5-23)14-20(36)37)13-33-8-10-34(11-9-33)22(38)39-21(24(26,27)28)25(29,30)31;1-15-2-3-16(19(8-15)34-12-17-10-32(14-20(35)36)11-18(17)13-34)9-31-4-6-33(7-5-31)22(37)38-21(23(25,26)27)24(28,29)30/h4-5,10,18-19,21H,6-9,11-15H2,1-3H3,(H,37,38);2-3,12,21H,4-11,13-16H2,1H3,(H,36,37);2-3,8,17-18,21H,4-7,9-14H2,1H3,(H,35,36).